The van der Waals surface area contributed by atoms with Gasteiger partial charge in [0.1, 0.15) is 5.82 Å². The molecule has 0 saturated heterocycles. The van der Waals surface area contributed by atoms with Gasteiger partial charge in [0.25, 0.3) is 0 Å². The molecule has 1 aliphatic carbocycles. The van der Waals surface area contributed by atoms with Gasteiger partial charge >= 0.3 is 0 Å². The predicted octanol–water partition coefficient (Wildman–Crippen LogP) is 2.78. The van der Waals surface area contributed by atoms with Crippen LogP contribution in [0.4, 0.5) is 4.39 Å². The first-order valence-corrected chi connectivity index (χ1v) is 5.48. The first kappa shape index (κ1) is 9.58. The highest BCUT2D eigenvalue weighted by molar-refractivity contribution is 5.80. The monoisotopic (exact) mass is 217 g/mol. The van der Waals surface area contributed by atoms with E-state index in [4.69, 9.17) is 0 Å². The Labute approximate surface area is 92.3 Å². The zero-order chi connectivity index (χ0) is 11.3. The Morgan fingerprint density at radius 3 is 2.81 bits per heavy atom. The highest BCUT2D eigenvalue weighted by Crippen LogP contribution is 2.36. The number of hydrogen-bond acceptors (Lipinski definition) is 1. The second-order valence-corrected chi connectivity index (χ2v) is 4.44. The second-order valence-electron chi connectivity index (χ2n) is 4.44. The van der Waals surface area contributed by atoms with E-state index in [2.05, 4.69) is 4.57 Å². The van der Waals surface area contributed by atoms with Crippen molar-refractivity contribution in [1.29, 1.82) is 0 Å². The summed E-state index contributed by atoms with van der Waals surface area (Å²) in [5.41, 5.74) is 1.34. The lowest BCUT2D eigenvalue weighted by Crippen LogP contribution is -2.07. The molecule has 0 atom stereocenters. The molecule has 2 aromatic rings. The van der Waals surface area contributed by atoms with Crippen molar-refractivity contribution < 1.29 is 4.39 Å². The van der Waals surface area contributed by atoms with Crippen molar-refractivity contribution in [2.45, 2.75) is 25.8 Å². The Bertz CT molecular complexity index is 626. The summed E-state index contributed by atoms with van der Waals surface area (Å²) >= 11 is 0. The molecule has 1 aromatic heterocycles. The fraction of sp³-hybridized carbons (Fsp3) is 0.308. The molecule has 0 bridgehead atoms. The SMILES string of the molecule is Cc1cc2c(cc1F)c(=O)ccn2C1CC1. The second kappa shape index (κ2) is 3.17. The molecule has 1 aliphatic rings. The molecule has 1 fully saturated rings. The van der Waals surface area contributed by atoms with Crippen molar-refractivity contribution in [3.05, 3.63) is 46.0 Å². The zero-order valence-corrected chi connectivity index (χ0v) is 9.03. The van der Waals surface area contributed by atoms with E-state index in [-0.39, 0.29) is 11.2 Å². The van der Waals surface area contributed by atoms with E-state index in [9.17, 15) is 9.18 Å². The molecule has 82 valence electrons. The Balaban J connectivity index is 2.42. The van der Waals surface area contributed by atoms with Crippen molar-refractivity contribution >= 4 is 10.9 Å². The number of aromatic nitrogens is 1. The van der Waals surface area contributed by atoms with Crippen LogP contribution in [0.25, 0.3) is 10.9 Å². The van der Waals surface area contributed by atoms with E-state index in [0.717, 1.165) is 18.4 Å². The maximum atomic E-state index is 13.4. The Morgan fingerprint density at radius 1 is 1.38 bits per heavy atom. The molecule has 0 N–H and O–H groups in total. The molecule has 0 radical (unpaired) electrons. The highest BCUT2D eigenvalue weighted by atomic mass is 19.1. The third-order valence-electron chi connectivity index (χ3n) is 3.15. The summed E-state index contributed by atoms with van der Waals surface area (Å²) in [6, 6.07) is 5.14. The topological polar surface area (TPSA) is 22.0 Å². The summed E-state index contributed by atoms with van der Waals surface area (Å²) < 4.78 is 15.5. The normalized spacial score (nSPS) is 15.6. The van der Waals surface area contributed by atoms with Crippen molar-refractivity contribution in [3.8, 4) is 0 Å². The number of aryl methyl sites for hydroxylation is 1. The van der Waals surface area contributed by atoms with E-state index < -0.39 is 0 Å². The molecule has 3 rings (SSSR count). The smallest absolute Gasteiger partial charge is 0.189 e. The number of rotatable bonds is 1. The van der Waals surface area contributed by atoms with Gasteiger partial charge < -0.3 is 4.57 Å². The van der Waals surface area contributed by atoms with E-state index >= 15 is 0 Å². The fourth-order valence-electron chi connectivity index (χ4n) is 2.07. The van der Waals surface area contributed by atoms with Crippen molar-refractivity contribution in [2.24, 2.45) is 0 Å². The molecule has 3 heteroatoms. The van der Waals surface area contributed by atoms with Crippen LogP contribution in [0.15, 0.2) is 29.2 Å². The number of nitrogens with zero attached hydrogens (tertiary/aromatic N) is 1. The lowest BCUT2D eigenvalue weighted by molar-refractivity contribution is 0.619. The summed E-state index contributed by atoms with van der Waals surface area (Å²) in [7, 11) is 0. The van der Waals surface area contributed by atoms with Crippen LogP contribution in [0.2, 0.25) is 0 Å². The average molecular weight is 217 g/mol. The summed E-state index contributed by atoms with van der Waals surface area (Å²) in [6.45, 7) is 1.73. The lowest BCUT2D eigenvalue weighted by atomic mass is 10.1. The summed E-state index contributed by atoms with van der Waals surface area (Å²) in [6.07, 6.45) is 4.11. The summed E-state index contributed by atoms with van der Waals surface area (Å²) in [4.78, 5) is 11.7. The summed E-state index contributed by atoms with van der Waals surface area (Å²) in [5, 5.41) is 0.484. The van der Waals surface area contributed by atoms with Crippen LogP contribution >= 0.6 is 0 Å². The largest absolute Gasteiger partial charge is 0.344 e. The van der Waals surface area contributed by atoms with Crippen LogP contribution in [0.1, 0.15) is 24.4 Å². The standard InChI is InChI=1S/C13H12FNO/c1-8-6-12-10(7-11(8)14)13(16)4-5-15(12)9-2-3-9/h4-7,9H,2-3H2,1H3. The quantitative estimate of drug-likeness (QED) is 0.720. The van der Waals surface area contributed by atoms with Gasteiger partial charge in [-0.1, -0.05) is 0 Å². The zero-order valence-electron chi connectivity index (χ0n) is 9.03. The minimum absolute atomic E-state index is 0.106. The van der Waals surface area contributed by atoms with E-state index in [1.54, 1.807) is 13.0 Å². The van der Waals surface area contributed by atoms with Gasteiger partial charge in [-0.3, -0.25) is 4.79 Å². The van der Waals surface area contributed by atoms with Gasteiger partial charge in [-0.15, -0.1) is 0 Å². The van der Waals surface area contributed by atoms with Crippen LogP contribution in [0, 0.1) is 12.7 Å². The molecular weight excluding hydrogens is 205 g/mol. The first-order valence-electron chi connectivity index (χ1n) is 5.48. The van der Waals surface area contributed by atoms with E-state index in [1.165, 1.54) is 12.1 Å². The maximum Gasteiger partial charge on any atom is 0.189 e. The molecule has 0 unspecified atom stereocenters. The van der Waals surface area contributed by atoms with Gasteiger partial charge in [-0.05, 0) is 37.5 Å². The first-order chi connectivity index (χ1) is 7.66. The minimum atomic E-state index is -0.307. The number of halogens is 1. The molecule has 1 saturated carbocycles. The molecule has 0 aliphatic heterocycles. The number of hydrogen-bond donors (Lipinski definition) is 0. The predicted molar refractivity (Wildman–Crippen MR) is 61.2 cm³/mol. The fourth-order valence-corrected chi connectivity index (χ4v) is 2.07. The number of benzene rings is 1. The highest BCUT2D eigenvalue weighted by Gasteiger charge is 2.24. The summed E-state index contributed by atoms with van der Waals surface area (Å²) in [5.74, 6) is -0.307. The molecule has 0 amide bonds. The minimum Gasteiger partial charge on any atom is -0.344 e. The van der Waals surface area contributed by atoms with Gasteiger partial charge in [0.2, 0.25) is 0 Å². The lowest BCUT2D eigenvalue weighted by Gasteiger charge is -2.10. The van der Waals surface area contributed by atoms with Crippen molar-refractivity contribution in [2.75, 3.05) is 0 Å². The van der Waals surface area contributed by atoms with Crippen molar-refractivity contribution in [1.82, 2.24) is 4.57 Å². The molecule has 0 spiro atoms. The number of fused-ring (bicyclic) bond motifs is 1. The van der Waals surface area contributed by atoms with Crippen LogP contribution in [0.5, 0.6) is 0 Å². The van der Waals surface area contributed by atoms with Crippen molar-refractivity contribution in [3.63, 3.8) is 0 Å². The van der Waals surface area contributed by atoms with Gasteiger partial charge in [0.15, 0.2) is 5.43 Å². The van der Waals surface area contributed by atoms with Crippen LogP contribution < -0.4 is 5.43 Å². The van der Waals surface area contributed by atoms with Gasteiger partial charge in [-0.2, -0.15) is 0 Å². The maximum absolute atomic E-state index is 13.4. The van der Waals surface area contributed by atoms with Gasteiger partial charge in [-0.25, -0.2) is 4.39 Å². The molecular formula is C13H12FNO. The van der Waals surface area contributed by atoms with E-state index in [1.807, 2.05) is 6.20 Å². The number of pyridine rings is 1. The van der Waals surface area contributed by atoms with Crippen LogP contribution in [-0.2, 0) is 0 Å². The Morgan fingerprint density at radius 2 is 2.12 bits per heavy atom. The van der Waals surface area contributed by atoms with Crippen LogP contribution in [-0.4, -0.2) is 4.57 Å². The van der Waals surface area contributed by atoms with E-state index in [0.29, 0.717) is 17.0 Å². The third kappa shape index (κ3) is 1.35. The average Bonchev–Trinajstić information content (AvgIpc) is 3.05. The van der Waals surface area contributed by atoms with Gasteiger partial charge in [0.05, 0.1) is 5.52 Å². The molecule has 2 nitrogen and oxygen atoms in total. The van der Waals surface area contributed by atoms with Gasteiger partial charge in [0, 0.05) is 23.7 Å². The Hall–Kier alpha value is -1.64. The molecule has 1 aromatic carbocycles. The van der Waals surface area contributed by atoms with Crippen LogP contribution in [0.3, 0.4) is 0 Å². The molecule has 16 heavy (non-hydrogen) atoms. The Kier molecular flexibility index (Phi) is 1.90. The molecule has 1 heterocycles. The third-order valence-corrected chi connectivity index (χ3v) is 3.15.